The van der Waals surface area contributed by atoms with E-state index in [0.29, 0.717) is 17.5 Å². The molecule has 278 valence electrons. The first-order valence-corrected chi connectivity index (χ1v) is 20.4. The predicted molar refractivity (Wildman–Crippen MR) is 249 cm³/mol. The SMILES string of the molecule is c1ccc(-c2nc(-c3ccccc3)nc(-c3cccc(-c4ccc5c(c4)c4ccccc4n4c6ccccc6c6c7ccccc7c7c8ccccc8n5c7c64)c3)n2)cc1. The maximum Gasteiger partial charge on any atom is 0.164 e. The molecule has 13 rings (SSSR count). The first-order valence-electron chi connectivity index (χ1n) is 20.4. The number of hydrogen-bond acceptors (Lipinski definition) is 3. The Morgan fingerprint density at radius 1 is 0.250 bits per heavy atom. The molecule has 0 spiro atoms. The lowest BCUT2D eigenvalue weighted by Crippen LogP contribution is -2.00. The molecule has 4 heterocycles. The van der Waals surface area contributed by atoms with Crippen molar-refractivity contribution in [2.24, 2.45) is 0 Å². The van der Waals surface area contributed by atoms with Gasteiger partial charge in [-0.1, -0.05) is 164 Å². The largest absolute Gasteiger partial charge is 0.307 e. The molecule has 0 fully saturated rings. The first-order chi connectivity index (χ1) is 29.8. The van der Waals surface area contributed by atoms with Crippen LogP contribution in [-0.4, -0.2) is 23.8 Å². The number of hydrogen-bond donors (Lipinski definition) is 0. The Morgan fingerprint density at radius 3 is 1.18 bits per heavy atom. The molecule has 0 bridgehead atoms. The summed E-state index contributed by atoms with van der Waals surface area (Å²) < 4.78 is 5.05. The van der Waals surface area contributed by atoms with Crippen molar-refractivity contribution in [2.45, 2.75) is 0 Å². The highest BCUT2D eigenvalue weighted by Crippen LogP contribution is 2.46. The summed E-state index contributed by atoms with van der Waals surface area (Å²) in [5.74, 6) is 1.93. The number of fused-ring (bicyclic) bond motifs is 14. The topological polar surface area (TPSA) is 47.5 Å². The van der Waals surface area contributed by atoms with Crippen molar-refractivity contribution < 1.29 is 0 Å². The van der Waals surface area contributed by atoms with Crippen molar-refractivity contribution in [3.05, 3.63) is 200 Å². The van der Waals surface area contributed by atoms with E-state index in [9.17, 15) is 0 Å². The zero-order chi connectivity index (χ0) is 39.3. The fourth-order valence-corrected chi connectivity index (χ4v) is 9.69. The third-order valence-electron chi connectivity index (χ3n) is 12.3. The Bertz CT molecular complexity index is 3820. The molecule has 0 saturated carbocycles. The quantitative estimate of drug-likeness (QED) is 0.179. The lowest BCUT2D eigenvalue weighted by atomic mass is 9.98. The molecule has 0 aliphatic carbocycles. The molecule has 9 aromatic carbocycles. The molecule has 0 unspecified atom stereocenters. The molecule has 13 aromatic rings. The van der Waals surface area contributed by atoms with Gasteiger partial charge in [-0.2, -0.15) is 0 Å². The van der Waals surface area contributed by atoms with Crippen molar-refractivity contribution in [1.29, 1.82) is 0 Å². The molecular formula is C55H33N5. The van der Waals surface area contributed by atoms with Crippen LogP contribution in [0.15, 0.2) is 200 Å². The van der Waals surface area contributed by atoms with Gasteiger partial charge < -0.3 is 8.80 Å². The Hall–Kier alpha value is -8.15. The van der Waals surface area contributed by atoms with Gasteiger partial charge in [0, 0.05) is 49.0 Å². The Morgan fingerprint density at radius 2 is 0.633 bits per heavy atom. The van der Waals surface area contributed by atoms with E-state index in [0.717, 1.165) is 38.9 Å². The average Bonchev–Trinajstić information content (AvgIpc) is 3.85. The molecule has 0 N–H and O–H groups in total. The van der Waals surface area contributed by atoms with E-state index in [4.69, 9.17) is 15.0 Å². The maximum absolute atomic E-state index is 5.05. The third-order valence-corrected chi connectivity index (χ3v) is 12.3. The van der Waals surface area contributed by atoms with Gasteiger partial charge in [-0.05, 0) is 58.3 Å². The molecule has 0 aliphatic heterocycles. The van der Waals surface area contributed by atoms with Crippen LogP contribution in [-0.2, 0) is 0 Å². The number of nitrogens with zero attached hydrogens (tertiary/aromatic N) is 5. The number of aromatic nitrogens is 5. The zero-order valence-electron chi connectivity index (χ0n) is 32.3. The number of benzene rings is 9. The van der Waals surface area contributed by atoms with Gasteiger partial charge in [-0.25, -0.2) is 15.0 Å². The van der Waals surface area contributed by atoms with Crippen LogP contribution in [0.25, 0.3) is 121 Å². The number of para-hydroxylation sites is 3. The zero-order valence-corrected chi connectivity index (χ0v) is 32.3. The van der Waals surface area contributed by atoms with Crippen LogP contribution in [0, 0.1) is 0 Å². The van der Waals surface area contributed by atoms with E-state index in [2.05, 4.69) is 148 Å². The molecule has 0 atom stereocenters. The van der Waals surface area contributed by atoms with Crippen LogP contribution < -0.4 is 0 Å². The summed E-state index contributed by atoms with van der Waals surface area (Å²) in [5, 5.41) is 9.95. The minimum Gasteiger partial charge on any atom is -0.307 e. The monoisotopic (exact) mass is 763 g/mol. The molecule has 5 nitrogen and oxygen atoms in total. The molecule has 0 radical (unpaired) electrons. The second kappa shape index (κ2) is 12.7. The van der Waals surface area contributed by atoms with Crippen LogP contribution >= 0.6 is 0 Å². The summed E-state index contributed by atoms with van der Waals surface area (Å²) in [6.07, 6.45) is 0. The standard InChI is InChI=1S/C55H33N5/c1-3-16-34(17-4-1)53-56-54(35-18-5-2-6-19-35)58-55(57-53)38-21-15-20-36(32-38)37-30-31-48-44(33-37)39-22-9-12-27-45(39)59-46-28-13-10-25-42(46)49-40-23-7-8-24-41(40)50-43-26-11-14-29-47(43)60(48)52(50)51(49)59/h1-33H. The van der Waals surface area contributed by atoms with Crippen molar-refractivity contribution >= 4 is 76.2 Å². The van der Waals surface area contributed by atoms with Crippen molar-refractivity contribution in [3.8, 4) is 45.3 Å². The minimum absolute atomic E-state index is 0.634. The van der Waals surface area contributed by atoms with Crippen LogP contribution in [0.4, 0.5) is 0 Å². The smallest absolute Gasteiger partial charge is 0.164 e. The normalized spacial score (nSPS) is 12.0. The van der Waals surface area contributed by atoms with Gasteiger partial charge in [-0.3, -0.25) is 0 Å². The van der Waals surface area contributed by atoms with E-state index in [1.807, 2.05) is 60.7 Å². The highest BCUT2D eigenvalue weighted by Gasteiger charge is 2.24. The lowest BCUT2D eigenvalue weighted by Gasteiger charge is -2.13. The molecule has 0 saturated heterocycles. The van der Waals surface area contributed by atoms with Crippen LogP contribution in [0.3, 0.4) is 0 Å². The van der Waals surface area contributed by atoms with Crippen molar-refractivity contribution in [2.75, 3.05) is 0 Å². The second-order valence-corrected chi connectivity index (χ2v) is 15.6. The van der Waals surface area contributed by atoms with Gasteiger partial charge >= 0.3 is 0 Å². The predicted octanol–water partition coefficient (Wildman–Crippen LogP) is 14.0. The summed E-state index contributed by atoms with van der Waals surface area (Å²) in [4.78, 5) is 15.0. The van der Waals surface area contributed by atoms with E-state index in [1.165, 1.54) is 65.2 Å². The highest BCUT2D eigenvalue weighted by atomic mass is 15.0. The van der Waals surface area contributed by atoms with Crippen molar-refractivity contribution in [3.63, 3.8) is 0 Å². The van der Waals surface area contributed by atoms with Gasteiger partial charge in [0.2, 0.25) is 0 Å². The summed E-state index contributed by atoms with van der Waals surface area (Å²) in [5.41, 5.74) is 12.2. The van der Waals surface area contributed by atoms with E-state index < -0.39 is 0 Å². The molecule has 60 heavy (non-hydrogen) atoms. The molecule has 4 aromatic heterocycles. The Kier molecular flexibility index (Phi) is 6.95. The third kappa shape index (κ3) is 4.71. The Balaban J connectivity index is 1.13. The second-order valence-electron chi connectivity index (χ2n) is 15.6. The van der Waals surface area contributed by atoms with Gasteiger partial charge in [0.1, 0.15) is 0 Å². The van der Waals surface area contributed by atoms with E-state index in [-0.39, 0.29) is 0 Å². The summed E-state index contributed by atoms with van der Waals surface area (Å²) in [6.45, 7) is 0. The van der Waals surface area contributed by atoms with E-state index >= 15 is 0 Å². The Labute approximate surface area is 344 Å². The van der Waals surface area contributed by atoms with Crippen LogP contribution in [0.1, 0.15) is 0 Å². The average molecular weight is 764 g/mol. The van der Waals surface area contributed by atoms with Gasteiger partial charge in [0.25, 0.3) is 0 Å². The van der Waals surface area contributed by atoms with Crippen LogP contribution in [0.2, 0.25) is 0 Å². The first kappa shape index (κ1) is 32.9. The fraction of sp³-hybridized carbons (Fsp3) is 0. The summed E-state index contributed by atoms with van der Waals surface area (Å²) in [6, 6.07) is 71.5. The lowest BCUT2D eigenvalue weighted by molar-refractivity contribution is 1.07. The van der Waals surface area contributed by atoms with Gasteiger partial charge in [0.05, 0.1) is 33.1 Å². The van der Waals surface area contributed by atoms with Gasteiger partial charge in [-0.15, -0.1) is 0 Å². The highest BCUT2D eigenvalue weighted by molar-refractivity contribution is 6.37. The minimum atomic E-state index is 0.634. The number of rotatable bonds is 4. The fourth-order valence-electron chi connectivity index (χ4n) is 9.69. The maximum atomic E-state index is 5.05. The van der Waals surface area contributed by atoms with Crippen LogP contribution in [0.5, 0.6) is 0 Å². The van der Waals surface area contributed by atoms with Gasteiger partial charge in [0.15, 0.2) is 17.5 Å². The van der Waals surface area contributed by atoms with Crippen molar-refractivity contribution in [1.82, 2.24) is 23.8 Å². The molecule has 0 amide bonds. The molecular weight excluding hydrogens is 731 g/mol. The summed E-state index contributed by atoms with van der Waals surface area (Å²) >= 11 is 0. The molecule has 5 heteroatoms. The van der Waals surface area contributed by atoms with E-state index in [1.54, 1.807) is 0 Å². The molecule has 0 aliphatic rings. The summed E-state index contributed by atoms with van der Waals surface area (Å²) in [7, 11) is 0.